The smallest absolute Gasteiger partial charge is 0.191 e. The van der Waals surface area contributed by atoms with Crippen LogP contribution in [0.5, 0.6) is 0 Å². The standard InChI is InChI=1S/C22H33FN6/c1-6-24-22(25-13-20-16(3)27-28(5)17(20)4)26-19-8-7-11-29(14-19)21-10-9-18(23)12-15(21)2/h9-10,12,19H,6-8,11,13-14H2,1-5H3,(H2,24,25,26). The van der Waals surface area contributed by atoms with Crippen molar-refractivity contribution >= 4 is 11.6 Å². The number of rotatable bonds is 5. The number of anilines is 1. The number of aliphatic imine (C=N–C) groups is 1. The summed E-state index contributed by atoms with van der Waals surface area (Å²) in [6, 6.07) is 5.34. The molecule has 7 heteroatoms. The Morgan fingerprint density at radius 2 is 2.10 bits per heavy atom. The van der Waals surface area contributed by atoms with E-state index in [4.69, 9.17) is 4.99 Å². The Bertz CT molecular complexity index is 872. The van der Waals surface area contributed by atoms with Gasteiger partial charge in [-0.3, -0.25) is 4.68 Å². The Kier molecular flexibility index (Phi) is 6.77. The molecule has 6 nitrogen and oxygen atoms in total. The van der Waals surface area contributed by atoms with Crippen LogP contribution < -0.4 is 15.5 Å². The topological polar surface area (TPSA) is 57.5 Å². The molecule has 1 saturated heterocycles. The van der Waals surface area contributed by atoms with E-state index in [0.717, 1.165) is 61.1 Å². The molecule has 0 spiro atoms. The number of hydrogen-bond acceptors (Lipinski definition) is 3. The molecule has 2 heterocycles. The van der Waals surface area contributed by atoms with E-state index < -0.39 is 0 Å². The average molecular weight is 401 g/mol. The molecule has 1 aliphatic heterocycles. The van der Waals surface area contributed by atoms with Gasteiger partial charge < -0.3 is 15.5 Å². The number of piperidine rings is 1. The summed E-state index contributed by atoms with van der Waals surface area (Å²) in [6.45, 7) is 11.4. The number of nitrogens with one attached hydrogen (secondary N) is 2. The van der Waals surface area contributed by atoms with Crippen molar-refractivity contribution in [2.75, 3.05) is 24.5 Å². The molecule has 0 bridgehead atoms. The van der Waals surface area contributed by atoms with E-state index in [9.17, 15) is 4.39 Å². The molecule has 0 aliphatic carbocycles. The fourth-order valence-electron chi connectivity index (χ4n) is 4.01. The molecule has 1 fully saturated rings. The highest BCUT2D eigenvalue weighted by molar-refractivity contribution is 5.80. The lowest BCUT2D eigenvalue weighted by atomic mass is 10.0. The highest BCUT2D eigenvalue weighted by atomic mass is 19.1. The molecule has 1 aliphatic rings. The second-order valence-corrected chi connectivity index (χ2v) is 7.83. The van der Waals surface area contributed by atoms with Gasteiger partial charge in [-0.25, -0.2) is 9.38 Å². The third-order valence-electron chi connectivity index (χ3n) is 5.66. The SMILES string of the molecule is CCNC(=NCc1c(C)nn(C)c1C)NC1CCCN(c2ccc(F)cc2C)C1. The molecule has 1 atom stereocenters. The fraction of sp³-hybridized carbons (Fsp3) is 0.545. The van der Waals surface area contributed by atoms with E-state index in [1.807, 2.05) is 31.6 Å². The first-order valence-corrected chi connectivity index (χ1v) is 10.4. The molecule has 0 saturated carbocycles. The van der Waals surface area contributed by atoms with Crippen molar-refractivity contribution in [1.82, 2.24) is 20.4 Å². The Labute approximate surface area is 173 Å². The largest absolute Gasteiger partial charge is 0.369 e. The zero-order chi connectivity index (χ0) is 21.0. The summed E-state index contributed by atoms with van der Waals surface area (Å²) < 4.78 is 15.4. The van der Waals surface area contributed by atoms with Gasteiger partial charge in [-0.2, -0.15) is 5.10 Å². The van der Waals surface area contributed by atoms with Crippen LogP contribution in [-0.2, 0) is 13.6 Å². The molecule has 1 aromatic carbocycles. The van der Waals surface area contributed by atoms with Crippen molar-refractivity contribution in [3.63, 3.8) is 0 Å². The first-order chi connectivity index (χ1) is 13.9. The third-order valence-corrected chi connectivity index (χ3v) is 5.66. The van der Waals surface area contributed by atoms with Crippen LogP contribution in [0.15, 0.2) is 23.2 Å². The molecule has 29 heavy (non-hydrogen) atoms. The quantitative estimate of drug-likeness (QED) is 0.598. The van der Waals surface area contributed by atoms with Crippen LogP contribution in [0.3, 0.4) is 0 Å². The molecule has 1 unspecified atom stereocenters. The van der Waals surface area contributed by atoms with Gasteiger partial charge in [0.25, 0.3) is 0 Å². The summed E-state index contributed by atoms with van der Waals surface area (Å²) in [5.41, 5.74) is 5.45. The number of halogens is 1. The normalized spacial score (nSPS) is 17.5. The van der Waals surface area contributed by atoms with E-state index in [0.29, 0.717) is 12.6 Å². The van der Waals surface area contributed by atoms with Crippen LogP contribution in [0.4, 0.5) is 10.1 Å². The zero-order valence-electron chi connectivity index (χ0n) is 18.2. The summed E-state index contributed by atoms with van der Waals surface area (Å²) in [7, 11) is 1.97. The van der Waals surface area contributed by atoms with E-state index in [-0.39, 0.29) is 5.82 Å². The molecule has 2 aromatic rings. The van der Waals surface area contributed by atoms with E-state index in [2.05, 4.69) is 34.5 Å². The maximum Gasteiger partial charge on any atom is 0.191 e. The third kappa shape index (κ3) is 5.08. The van der Waals surface area contributed by atoms with Crippen molar-refractivity contribution in [3.8, 4) is 0 Å². The van der Waals surface area contributed by atoms with Crippen molar-refractivity contribution in [3.05, 3.63) is 46.5 Å². The predicted molar refractivity (Wildman–Crippen MR) is 117 cm³/mol. The van der Waals surface area contributed by atoms with Gasteiger partial charge in [0, 0.05) is 49.7 Å². The molecule has 3 rings (SSSR count). The van der Waals surface area contributed by atoms with Gasteiger partial charge in [0.1, 0.15) is 5.82 Å². The number of benzene rings is 1. The maximum absolute atomic E-state index is 13.5. The monoisotopic (exact) mass is 400 g/mol. The van der Waals surface area contributed by atoms with Gasteiger partial charge in [0.2, 0.25) is 0 Å². The second-order valence-electron chi connectivity index (χ2n) is 7.83. The van der Waals surface area contributed by atoms with Gasteiger partial charge in [-0.15, -0.1) is 0 Å². The van der Waals surface area contributed by atoms with Crippen LogP contribution in [-0.4, -0.2) is 41.4 Å². The number of nitrogens with zero attached hydrogens (tertiary/aromatic N) is 4. The van der Waals surface area contributed by atoms with Crippen molar-refractivity contribution in [1.29, 1.82) is 0 Å². The molecular weight excluding hydrogens is 367 g/mol. The summed E-state index contributed by atoms with van der Waals surface area (Å²) in [5, 5.41) is 11.4. The van der Waals surface area contributed by atoms with Gasteiger partial charge in [0.05, 0.1) is 12.2 Å². The van der Waals surface area contributed by atoms with E-state index in [1.54, 1.807) is 12.1 Å². The molecular formula is C22H33FN6. The highest BCUT2D eigenvalue weighted by Gasteiger charge is 2.22. The van der Waals surface area contributed by atoms with E-state index >= 15 is 0 Å². The Morgan fingerprint density at radius 3 is 2.76 bits per heavy atom. The van der Waals surface area contributed by atoms with Crippen LogP contribution in [0.1, 0.15) is 42.3 Å². The first-order valence-electron chi connectivity index (χ1n) is 10.4. The summed E-state index contributed by atoms with van der Waals surface area (Å²) >= 11 is 0. The van der Waals surface area contributed by atoms with Crippen LogP contribution in [0.2, 0.25) is 0 Å². The lowest BCUT2D eigenvalue weighted by Gasteiger charge is -2.36. The minimum Gasteiger partial charge on any atom is -0.369 e. The molecule has 158 valence electrons. The minimum absolute atomic E-state index is 0.180. The predicted octanol–water partition coefficient (Wildman–Crippen LogP) is 3.21. The van der Waals surface area contributed by atoms with Gasteiger partial charge in [-0.1, -0.05) is 0 Å². The summed E-state index contributed by atoms with van der Waals surface area (Å²) in [6.07, 6.45) is 2.18. The summed E-state index contributed by atoms with van der Waals surface area (Å²) in [4.78, 5) is 7.15. The molecule has 1 aromatic heterocycles. The van der Waals surface area contributed by atoms with Crippen LogP contribution in [0, 0.1) is 26.6 Å². The van der Waals surface area contributed by atoms with Gasteiger partial charge >= 0.3 is 0 Å². The van der Waals surface area contributed by atoms with E-state index in [1.165, 1.54) is 5.56 Å². The number of aromatic nitrogens is 2. The fourth-order valence-corrected chi connectivity index (χ4v) is 4.01. The van der Waals surface area contributed by atoms with Crippen molar-refractivity contribution in [2.45, 2.75) is 53.1 Å². The van der Waals surface area contributed by atoms with Gasteiger partial charge in [0.15, 0.2) is 5.96 Å². The zero-order valence-corrected chi connectivity index (χ0v) is 18.2. The van der Waals surface area contributed by atoms with Crippen molar-refractivity contribution < 1.29 is 4.39 Å². The Balaban J connectivity index is 1.69. The van der Waals surface area contributed by atoms with Crippen LogP contribution in [0.25, 0.3) is 0 Å². The Morgan fingerprint density at radius 1 is 1.31 bits per heavy atom. The van der Waals surface area contributed by atoms with Crippen LogP contribution >= 0.6 is 0 Å². The average Bonchev–Trinajstić information content (AvgIpc) is 2.92. The molecule has 0 radical (unpaired) electrons. The maximum atomic E-state index is 13.5. The second kappa shape index (κ2) is 9.29. The summed E-state index contributed by atoms with van der Waals surface area (Å²) in [5.74, 6) is 0.651. The van der Waals surface area contributed by atoms with Crippen molar-refractivity contribution in [2.24, 2.45) is 12.0 Å². The lowest BCUT2D eigenvalue weighted by Crippen LogP contribution is -2.51. The minimum atomic E-state index is -0.180. The number of aryl methyl sites for hydroxylation is 3. The number of hydrogen-bond donors (Lipinski definition) is 2. The molecule has 2 N–H and O–H groups in total. The highest BCUT2D eigenvalue weighted by Crippen LogP contribution is 2.24. The first kappa shape index (κ1) is 21.1. The lowest BCUT2D eigenvalue weighted by molar-refractivity contribution is 0.467. The van der Waals surface area contributed by atoms with Gasteiger partial charge in [-0.05, 0) is 64.3 Å². The molecule has 0 amide bonds. The Hall–Kier alpha value is -2.57. The number of guanidine groups is 1.